The van der Waals surface area contributed by atoms with Crippen LogP contribution in [0, 0.1) is 24.2 Å². The molecular formula is C44H69NO7SSi. The minimum absolute atomic E-state index is 0.00570. The number of allylic oxidation sites excluding steroid dienone is 1. The van der Waals surface area contributed by atoms with E-state index in [1.807, 2.05) is 90.3 Å². The lowest BCUT2D eigenvalue weighted by atomic mass is 9.73. The van der Waals surface area contributed by atoms with E-state index in [2.05, 4.69) is 57.9 Å². The van der Waals surface area contributed by atoms with Gasteiger partial charge in [-0.25, -0.2) is 4.98 Å². The second-order valence-electron chi connectivity index (χ2n) is 17.1. The molecule has 1 heterocycles. The Kier molecular flexibility index (Phi) is 18.7. The lowest BCUT2D eigenvalue weighted by Crippen LogP contribution is -2.53. The molecule has 0 amide bonds. The Hall–Kier alpha value is -2.92. The SMILES string of the molecule is CC(=O)O[C@@H](C/C=C\CCC[C@H](C)[C@H](OCc1ccccc1)[C@@H](C)C(=O)C(C)(C)[C@H](CC(=O)OC(C)C)O[Si](C)(C)C(C)(C)C)/C(C)=C/c1csc(C)n1. The van der Waals surface area contributed by atoms with E-state index in [4.69, 9.17) is 18.6 Å². The maximum Gasteiger partial charge on any atom is 0.308 e. The number of nitrogens with zero attached hydrogens (tertiary/aromatic N) is 1. The summed E-state index contributed by atoms with van der Waals surface area (Å²) in [6, 6.07) is 10.0. The summed E-state index contributed by atoms with van der Waals surface area (Å²) in [4.78, 5) is 44.1. The number of ether oxygens (including phenoxy) is 3. The summed E-state index contributed by atoms with van der Waals surface area (Å²) in [7, 11) is -2.37. The van der Waals surface area contributed by atoms with Gasteiger partial charge in [0.1, 0.15) is 11.9 Å². The maximum absolute atomic E-state index is 14.7. The molecule has 0 radical (unpaired) electrons. The first-order valence-corrected chi connectivity index (χ1v) is 23.3. The number of aryl methyl sites for hydroxylation is 1. The molecule has 0 aliphatic rings. The Morgan fingerprint density at radius 3 is 2.15 bits per heavy atom. The van der Waals surface area contributed by atoms with Gasteiger partial charge in [0.05, 0.1) is 42.0 Å². The van der Waals surface area contributed by atoms with Gasteiger partial charge in [-0.05, 0) is 88.2 Å². The highest BCUT2D eigenvalue weighted by molar-refractivity contribution is 7.09. The third kappa shape index (κ3) is 15.3. The fourth-order valence-corrected chi connectivity index (χ4v) is 8.27. The third-order valence-electron chi connectivity index (χ3n) is 10.5. The largest absolute Gasteiger partial charge is 0.463 e. The Labute approximate surface area is 331 Å². The average Bonchev–Trinajstić information content (AvgIpc) is 3.48. The van der Waals surface area contributed by atoms with Crippen LogP contribution in [0.3, 0.4) is 0 Å². The molecule has 2 rings (SSSR count). The number of carbonyl (C=O) groups excluding carboxylic acids is 3. The van der Waals surface area contributed by atoms with Crippen molar-refractivity contribution in [3.8, 4) is 0 Å². The molecule has 54 heavy (non-hydrogen) atoms. The second-order valence-corrected chi connectivity index (χ2v) is 23.0. The number of ketones is 1. The summed E-state index contributed by atoms with van der Waals surface area (Å²) in [5.41, 5.74) is 1.88. The van der Waals surface area contributed by atoms with Crippen molar-refractivity contribution >= 4 is 43.5 Å². The summed E-state index contributed by atoms with van der Waals surface area (Å²) >= 11 is 1.59. The molecule has 10 heteroatoms. The summed E-state index contributed by atoms with van der Waals surface area (Å²) < 4.78 is 24.7. The fourth-order valence-electron chi connectivity index (χ4n) is 6.26. The number of hydrogen-bond acceptors (Lipinski definition) is 9. The number of thiazole rings is 1. The van der Waals surface area contributed by atoms with Crippen LogP contribution in [0.25, 0.3) is 6.08 Å². The van der Waals surface area contributed by atoms with E-state index in [0.29, 0.717) is 13.0 Å². The predicted octanol–water partition coefficient (Wildman–Crippen LogP) is 11.1. The van der Waals surface area contributed by atoms with Gasteiger partial charge in [0, 0.05) is 30.1 Å². The monoisotopic (exact) mass is 783 g/mol. The van der Waals surface area contributed by atoms with Crippen molar-refractivity contribution in [3.63, 3.8) is 0 Å². The number of rotatable bonds is 22. The van der Waals surface area contributed by atoms with Crippen molar-refractivity contribution in [2.75, 3.05) is 0 Å². The van der Waals surface area contributed by atoms with Gasteiger partial charge in [-0.2, -0.15) is 0 Å². The van der Waals surface area contributed by atoms with Crippen LogP contribution in [0.4, 0.5) is 0 Å². The van der Waals surface area contributed by atoms with Crippen molar-refractivity contribution in [2.45, 2.75) is 164 Å². The highest BCUT2D eigenvalue weighted by atomic mass is 32.1. The number of unbranched alkanes of at least 4 members (excludes halogenated alkanes) is 1. The maximum atomic E-state index is 14.7. The molecule has 2 aromatic rings. The zero-order valence-electron chi connectivity index (χ0n) is 35.6. The highest BCUT2D eigenvalue weighted by Crippen LogP contribution is 2.42. The first kappa shape index (κ1) is 47.2. The molecule has 0 bridgehead atoms. The van der Waals surface area contributed by atoms with Crippen LogP contribution in [0.1, 0.15) is 125 Å². The number of Topliss-reactive ketones (excluding diaryl/α,β-unsaturated/α-hetero) is 1. The minimum Gasteiger partial charge on any atom is -0.463 e. The van der Waals surface area contributed by atoms with Gasteiger partial charge in [0.2, 0.25) is 0 Å². The Morgan fingerprint density at radius 2 is 1.59 bits per heavy atom. The van der Waals surface area contributed by atoms with E-state index >= 15 is 0 Å². The van der Waals surface area contributed by atoms with Crippen molar-refractivity contribution in [3.05, 3.63) is 69.7 Å². The molecule has 0 saturated heterocycles. The van der Waals surface area contributed by atoms with Gasteiger partial charge in [0.25, 0.3) is 0 Å². The molecule has 5 atom stereocenters. The molecule has 302 valence electrons. The number of benzene rings is 1. The lowest BCUT2D eigenvalue weighted by molar-refractivity contribution is -0.154. The van der Waals surface area contributed by atoms with E-state index in [1.165, 1.54) is 6.92 Å². The Morgan fingerprint density at radius 1 is 0.944 bits per heavy atom. The van der Waals surface area contributed by atoms with Crippen molar-refractivity contribution in [1.29, 1.82) is 0 Å². The standard InChI is InChI=1S/C44H69NO7SSi/c1-30(2)50-40(47)27-39(52-54(13,14)43(8,9)10)44(11,12)42(48)33(5)41(49-28-36-23-19-17-20-24-36)31(3)22-18-15-16-21-25-38(51-35(7)46)32(4)26-37-29-53-34(6)45-37/h16-17,19-21,23-24,26,29-31,33,38-39,41H,15,18,22,25,27-28H2,1-14H3/b21-16-,32-26+/t31-,33+,38-,39-,41-/m0/s1. The minimum atomic E-state index is -2.37. The Balaban J connectivity index is 2.24. The highest BCUT2D eigenvalue weighted by Gasteiger charge is 2.48. The molecule has 1 aromatic carbocycles. The number of aromatic nitrogens is 1. The van der Waals surface area contributed by atoms with Gasteiger partial charge in [-0.1, -0.05) is 91.0 Å². The quantitative estimate of drug-likeness (QED) is 0.0503. The topological polar surface area (TPSA) is 101 Å². The van der Waals surface area contributed by atoms with E-state index in [9.17, 15) is 14.4 Å². The molecule has 0 spiro atoms. The Bertz CT molecular complexity index is 1540. The van der Waals surface area contributed by atoms with Crippen molar-refractivity contribution < 1.29 is 33.0 Å². The van der Waals surface area contributed by atoms with Gasteiger partial charge >= 0.3 is 11.9 Å². The number of carbonyl (C=O) groups is 3. The summed E-state index contributed by atoms with van der Waals surface area (Å²) in [5.74, 6) is -1.04. The summed E-state index contributed by atoms with van der Waals surface area (Å²) in [6.45, 7) is 28.1. The van der Waals surface area contributed by atoms with E-state index in [-0.39, 0.29) is 53.4 Å². The van der Waals surface area contributed by atoms with Gasteiger partial charge in [-0.15, -0.1) is 11.3 Å². The zero-order chi connectivity index (χ0) is 40.9. The molecule has 8 nitrogen and oxygen atoms in total. The molecule has 0 saturated carbocycles. The summed E-state index contributed by atoms with van der Waals surface area (Å²) in [6.07, 6.45) is 7.74. The van der Waals surface area contributed by atoms with Crippen LogP contribution >= 0.6 is 11.3 Å². The van der Waals surface area contributed by atoms with E-state index < -0.39 is 25.8 Å². The van der Waals surface area contributed by atoms with Crippen LogP contribution in [0.5, 0.6) is 0 Å². The van der Waals surface area contributed by atoms with E-state index in [0.717, 1.165) is 41.1 Å². The first-order chi connectivity index (χ1) is 25.0. The third-order valence-corrected chi connectivity index (χ3v) is 15.8. The van der Waals surface area contributed by atoms with Crippen LogP contribution < -0.4 is 0 Å². The molecule has 0 N–H and O–H groups in total. The van der Waals surface area contributed by atoms with Crippen LogP contribution in [-0.4, -0.2) is 55.4 Å². The lowest BCUT2D eigenvalue weighted by Gasteiger charge is -2.44. The first-order valence-electron chi connectivity index (χ1n) is 19.5. The zero-order valence-corrected chi connectivity index (χ0v) is 37.4. The smallest absolute Gasteiger partial charge is 0.308 e. The van der Waals surface area contributed by atoms with Crippen molar-refractivity contribution in [2.24, 2.45) is 17.3 Å². The van der Waals surface area contributed by atoms with Gasteiger partial charge in [0.15, 0.2) is 8.32 Å². The van der Waals surface area contributed by atoms with Gasteiger partial charge in [-0.3, -0.25) is 14.4 Å². The number of esters is 2. The van der Waals surface area contributed by atoms with Crippen LogP contribution in [0.15, 0.2) is 53.4 Å². The fraction of sp³-hybridized carbons (Fsp3) is 0.636. The normalized spacial score (nSPS) is 15.9. The molecule has 1 aromatic heterocycles. The molecule has 0 unspecified atom stereocenters. The average molecular weight is 784 g/mol. The van der Waals surface area contributed by atoms with E-state index in [1.54, 1.807) is 11.3 Å². The van der Waals surface area contributed by atoms with Crippen LogP contribution in [0.2, 0.25) is 18.1 Å². The molecule has 0 aliphatic carbocycles. The van der Waals surface area contributed by atoms with Crippen molar-refractivity contribution in [1.82, 2.24) is 4.98 Å². The van der Waals surface area contributed by atoms with Gasteiger partial charge < -0.3 is 18.6 Å². The summed E-state index contributed by atoms with van der Waals surface area (Å²) in [5, 5.41) is 2.88. The predicted molar refractivity (Wildman–Crippen MR) is 224 cm³/mol. The second kappa shape index (κ2) is 21.4. The van der Waals surface area contributed by atoms with Crippen LogP contribution in [-0.2, 0) is 39.6 Å². The molecular weight excluding hydrogens is 715 g/mol. The molecule has 0 fully saturated rings. The molecule has 0 aliphatic heterocycles. The number of hydrogen-bond donors (Lipinski definition) is 0.